The van der Waals surface area contributed by atoms with Crippen LogP contribution in [0.15, 0.2) is 29.8 Å². The lowest BCUT2D eigenvalue weighted by Crippen LogP contribution is -2.15. The third kappa shape index (κ3) is 3.62. The van der Waals surface area contributed by atoms with Crippen molar-refractivity contribution in [1.29, 1.82) is 0 Å². The molecular formula is C14H17FN2S. The van der Waals surface area contributed by atoms with Crippen LogP contribution < -0.4 is 5.32 Å². The predicted octanol–water partition coefficient (Wildman–Crippen LogP) is 3.37. The summed E-state index contributed by atoms with van der Waals surface area (Å²) >= 11 is 1.63. The van der Waals surface area contributed by atoms with Crippen molar-refractivity contribution in [2.24, 2.45) is 0 Å². The third-order valence-electron chi connectivity index (χ3n) is 2.74. The minimum Gasteiger partial charge on any atom is -0.313 e. The summed E-state index contributed by atoms with van der Waals surface area (Å²) in [4.78, 5) is 4.28. The van der Waals surface area contributed by atoms with Crippen LogP contribution in [0.4, 0.5) is 4.39 Å². The van der Waals surface area contributed by atoms with E-state index in [9.17, 15) is 4.39 Å². The van der Waals surface area contributed by atoms with Gasteiger partial charge in [0, 0.05) is 24.5 Å². The van der Waals surface area contributed by atoms with Crippen molar-refractivity contribution in [2.45, 2.75) is 26.3 Å². The first-order valence-electron chi connectivity index (χ1n) is 6.16. The van der Waals surface area contributed by atoms with E-state index in [2.05, 4.69) is 17.2 Å². The molecule has 0 spiro atoms. The molecule has 0 aliphatic carbocycles. The Bertz CT molecular complexity index is 483. The van der Waals surface area contributed by atoms with E-state index < -0.39 is 0 Å². The Balaban J connectivity index is 2.12. The van der Waals surface area contributed by atoms with Crippen LogP contribution in [0.5, 0.6) is 0 Å². The highest BCUT2D eigenvalue weighted by Crippen LogP contribution is 2.17. The lowest BCUT2D eigenvalue weighted by atomic mass is 10.0. The fourth-order valence-corrected chi connectivity index (χ4v) is 2.47. The molecule has 0 unspecified atom stereocenters. The van der Waals surface area contributed by atoms with Gasteiger partial charge >= 0.3 is 0 Å². The Morgan fingerprint density at radius 3 is 2.94 bits per heavy atom. The zero-order valence-corrected chi connectivity index (χ0v) is 11.3. The van der Waals surface area contributed by atoms with Crippen molar-refractivity contribution in [1.82, 2.24) is 10.3 Å². The molecule has 4 heteroatoms. The maximum atomic E-state index is 13.3. The number of nitrogens with zero attached hydrogens (tertiary/aromatic N) is 1. The Kier molecular flexibility index (Phi) is 4.84. The van der Waals surface area contributed by atoms with Crippen LogP contribution in [0.1, 0.15) is 29.5 Å². The van der Waals surface area contributed by atoms with Crippen molar-refractivity contribution in [3.8, 4) is 0 Å². The zero-order chi connectivity index (χ0) is 12.8. The maximum Gasteiger partial charge on any atom is 0.123 e. The second-order valence-corrected chi connectivity index (χ2v) is 5.17. The van der Waals surface area contributed by atoms with Gasteiger partial charge in [0.25, 0.3) is 0 Å². The van der Waals surface area contributed by atoms with Crippen LogP contribution in [-0.4, -0.2) is 11.5 Å². The molecule has 96 valence electrons. The summed E-state index contributed by atoms with van der Waals surface area (Å²) in [5, 5.41) is 6.35. The highest BCUT2D eigenvalue weighted by Gasteiger charge is 2.06. The fourth-order valence-electron chi connectivity index (χ4n) is 1.83. The average Bonchev–Trinajstić information content (AvgIpc) is 2.86. The predicted molar refractivity (Wildman–Crippen MR) is 73.3 cm³/mol. The fraction of sp³-hybridized carbons (Fsp3) is 0.357. The standard InChI is InChI=1S/C14H17FN2S/c1-2-5-16-10-12-8-13(15)4-3-11(12)9-14-17-6-7-18-14/h3-4,6-8,16H,2,5,9-10H2,1H3. The molecule has 1 N–H and O–H groups in total. The Morgan fingerprint density at radius 2 is 2.22 bits per heavy atom. The van der Waals surface area contributed by atoms with Gasteiger partial charge in [-0.3, -0.25) is 0 Å². The Labute approximate surface area is 111 Å². The van der Waals surface area contributed by atoms with Crippen molar-refractivity contribution in [2.75, 3.05) is 6.54 Å². The van der Waals surface area contributed by atoms with E-state index in [0.29, 0.717) is 6.54 Å². The Morgan fingerprint density at radius 1 is 1.33 bits per heavy atom. The van der Waals surface area contributed by atoms with Gasteiger partial charge in [0.1, 0.15) is 5.82 Å². The summed E-state index contributed by atoms with van der Waals surface area (Å²) in [6.07, 6.45) is 3.66. The number of hydrogen-bond acceptors (Lipinski definition) is 3. The van der Waals surface area contributed by atoms with Gasteiger partial charge in [0.2, 0.25) is 0 Å². The molecule has 1 aromatic heterocycles. The molecule has 1 aromatic carbocycles. The average molecular weight is 264 g/mol. The second-order valence-electron chi connectivity index (χ2n) is 4.19. The van der Waals surface area contributed by atoms with E-state index in [0.717, 1.165) is 35.5 Å². The van der Waals surface area contributed by atoms with E-state index in [1.165, 1.54) is 6.07 Å². The monoisotopic (exact) mass is 264 g/mol. The topological polar surface area (TPSA) is 24.9 Å². The molecule has 0 aliphatic heterocycles. The molecule has 0 radical (unpaired) electrons. The number of rotatable bonds is 6. The number of aromatic nitrogens is 1. The van der Waals surface area contributed by atoms with E-state index in [4.69, 9.17) is 0 Å². The van der Waals surface area contributed by atoms with Crippen molar-refractivity contribution in [3.63, 3.8) is 0 Å². The largest absolute Gasteiger partial charge is 0.313 e. The van der Waals surface area contributed by atoms with Crippen molar-refractivity contribution < 1.29 is 4.39 Å². The van der Waals surface area contributed by atoms with Crippen LogP contribution in [0, 0.1) is 5.82 Å². The summed E-state index contributed by atoms with van der Waals surface area (Å²) in [5.41, 5.74) is 2.17. The summed E-state index contributed by atoms with van der Waals surface area (Å²) in [6.45, 7) is 3.79. The minimum atomic E-state index is -0.175. The van der Waals surface area contributed by atoms with Gasteiger partial charge in [-0.15, -0.1) is 11.3 Å². The van der Waals surface area contributed by atoms with Crippen LogP contribution in [0.3, 0.4) is 0 Å². The summed E-state index contributed by atoms with van der Waals surface area (Å²) in [6, 6.07) is 5.00. The molecular weight excluding hydrogens is 247 g/mol. The number of thiazole rings is 1. The summed E-state index contributed by atoms with van der Waals surface area (Å²) in [7, 11) is 0. The van der Waals surface area contributed by atoms with Gasteiger partial charge in [-0.1, -0.05) is 13.0 Å². The van der Waals surface area contributed by atoms with Crippen molar-refractivity contribution in [3.05, 3.63) is 51.7 Å². The second kappa shape index (κ2) is 6.61. The van der Waals surface area contributed by atoms with E-state index in [1.54, 1.807) is 23.6 Å². The van der Waals surface area contributed by atoms with Gasteiger partial charge in [-0.25, -0.2) is 9.37 Å². The molecule has 0 saturated carbocycles. The van der Waals surface area contributed by atoms with Crippen LogP contribution in [-0.2, 0) is 13.0 Å². The first-order valence-corrected chi connectivity index (χ1v) is 7.04. The SMILES string of the molecule is CCCNCc1cc(F)ccc1Cc1nccs1. The molecule has 0 amide bonds. The number of benzene rings is 1. The van der Waals surface area contributed by atoms with E-state index >= 15 is 0 Å². The molecule has 0 atom stereocenters. The third-order valence-corrected chi connectivity index (χ3v) is 3.52. The smallest absolute Gasteiger partial charge is 0.123 e. The summed E-state index contributed by atoms with van der Waals surface area (Å²) in [5.74, 6) is -0.175. The highest BCUT2D eigenvalue weighted by atomic mass is 32.1. The molecule has 0 aliphatic rings. The van der Waals surface area contributed by atoms with Gasteiger partial charge < -0.3 is 5.32 Å². The van der Waals surface area contributed by atoms with E-state index in [1.807, 2.05) is 11.4 Å². The first-order chi connectivity index (χ1) is 8.79. The molecule has 2 nitrogen and oxygen atoms in total. The Hall–Kier alpha value is -1.26. The molecule has 0 bridgehead atoms. The highest BCUT2D eigenvalue weighted by molar-refractivity contribution is 7.09. The van der Waals surface area contributed by atoms with Gasteiger partial charge in [-0.05, 0) is 36.2 Å². The number of halogens is 1. The normalized spacial score (nSPS) is 10.8. The minimum absolute atomic E-state index is 0.175. The van der Waals surface area contributed by atoms with Crippen molar-refractivity contribution >= 4 is 11.3 Å². The zero-order valence-electron chi connectivity index (χ0n) is 10.4. The molecule has 2 aromatic rings. The molecule has 0 saturated heterocycles. The molecule has 0 fully saturated rings. The number of hydrogen-bond donors (Lipinski definition) is 1. The quantitative estimate of drug-likeness (QED) is 0.809. The van der Waals surface area contributed by atoms with Gasteiger partial charge in [0.05, 0.1) is 5.01 Å². The molecule has 1 heterocycles. The molecule has 2 rings (SSSR count). The first kappa shape index (κ1) is 13.2. The van der Waals surface area contributed by atoms with Gasteiger partial charge in [-0.2, -0.15) is 0 Å². The number of nitrogens with one attached hydrogen (secondary N) is 1. The van der Waals surface area contributed by atoms with Crippen LogP contribution >= 0.6 is 11.3 Å². The maximum absolute atomic E-state index is 13.3. The van der Waals surface area contributed by atoms with E-state index in [-0.39, 0.29) is 5.82 Å². The summed E-state index contributed by atoms with van der Waals surface area (Å²) < 4.78 is 13.3. The lowest BCUT2D eigenvalue weighted by Gasteiger charge is -2.09. The molecule has 18 heavy (non-hydrogen) atoms. The van der Waals surface area contributed by atoms with Gasteiger partial charge in [0.15, 0.2) is 0 Å². The lowest BCUT2D eigenvalue weighted by molar-refractivity contribution is 0.617. The van der Waals surface area contributed by atoms with Crippen LogP contribution in [0.2, 0.25) is 0 Å². The van der Waals surface area contributed by atoms with Crippen LogP contribution in [0.25, 0.3) is 0 Å².